The molecule has 1 saturated heterocycles. The molecular weight excluding hydrogens is 995 g/mol. The Kier molecular flexibility index (Phi) is 24.1. The zero-order valence-electron chi connectivity index (χ0n) is 44.0. The topological polar surface area (TPSA) is 328 Å². The number of carboxylic acids is 2. The van der Waals surface area contributed by atoms with Crippen LogP contribution in [0.5, 0.6) is 11.5 Å². The SMILES string of the molecule is CC=C1NC(=O)CC[C@H](C(=O)O)NC(=O)[C@@H](C)[C@H](C=CC(C)=C[C@H](C)[C@H](Cc2ccccc2)OC)NC(=O)[C@H](CCc2ccc(O)cc2)NC(=O)C[C@H](C(=O)O)NC(=O)[C@H](CCc2ccc(O)cc2)NC(=O)[C@H](C)NC1=O. The van der Waals surface area contributed by atoms with E-state index in [1.807, 2.05) is 43.3 Å². The monoisotopic (exact) mass is 1070 g/mol. The number of carbonyl (C=O) groups is 9. The number of allylic oxidation sites excluding steroid dienone is 3. The van der Waals surface area contributed by atoms with Crippen LogP contribution in [0.3, 0.4) is 0 Å². The number of carbonyl (C=O) groups excluding carboxylic acids is 7. The predicted molar refractivity (Wildman–Crippen MR) is 283 cm³/mol. The lowest BCUT2D eigenvalue weighted by atomic mass is 9.94. The number of aliphatic carboxylic acids is 2. The van der Waals surface area contributed by atoms with Gasteiger partial charge in [-0.1, -0.05) is 98.3 Å². The number of aromatic hydroxyl groups is 2. The number of carboxylic acid groups (broad SMARTS) is 2. The Bertz CT molecular complexity index is 2640. The van der Waals surface area contributed by atoms with Crippen molar-refractivity contribution in [3.8, 4) is 11.5 Å². The lowest BCUT2D eigenvalue weighted by Gasteiger charge is -2.27. The van der Waals surface area contributed by atoms with Crippen molar-refractivity contribution in [2.24, 2.45) is 11.8 Å². The summed E-state index contributed by atoms with van der Waals surface area (Å²) in [6.45, 7) is 7.91. The van der Waals surface area contributed by atoms with Gasteiger partial charge in [-0.3, -0.25) is 33.6 Å². The van der Waals surface area contributed by atoms with Crippen LogP contribution in [0.2, 0.25) is 0 Å². The molecule has 21 nitrogen and oxygen atoms in total. The van der Waals surface area contributed by atoms with E-state index in [1.54, 1.807) is 44.4 Å². The number of methoxy groups -OCH3 is 1. The van der Waals surface area contributed by atoms with E-state index < -0.39 is 115 Å². The van der Waals surface area contributed by atoms with Crippen LogP contribution >= 0.6 is 0 Å². The van der Waals surface area contributed by atoms with Crippen molar-refractivity contribution >= 4 is 53.3 Å². The highest BCUT2D eigenvalue weighted by Crippen LogP contribution is 2.19. The molecule has 7 amide bonds. The van der Waals surface area contributed by atoms with Gasteiger partial charge in [0.05, 0.1) is 24.5 Å². The lowest BCUT2D eigenvalue weighted by Crippen LogP contribution is -2.56. The molecule has 21 heteroatoms. The third kappa shape index (κ3) is 20.4. The van der Waals surface area contributed by atoms with Crippen molar-refractivity contribution in [1.29, 1.82) is 0 Å². The summed E-state index contributed by atoms with van der Waals surface area (Å²) >= 11 is 0. The molecule has 0 aliphatic carbocycles. The number of aryl methyl sites for hydroxylation is 2. The van der Waals surface area contributed by atoms with Gasteiger partial charge in [-0.25, -0.2) is 9.59 Å². The molecule has 77 heavy (non-hydrogen) atoms. The number of hydrogen-bond donors (Lipinski definition) is 11. The van der Waals surface area contributed by atoms with Gasteiger partial charge in [0.1, 0.15) is 47.4 Å². The number of hydrogen-bond acceptors (Lipinski definition) is 12. The van der Waals surface area contributed by atoms with Crippen molar-refractivity contribution in [2.45, 2.75) is 128 Å². The number of amides is 7. The summed E-state index contributed by atoms with van der Waals surface area (Å²) in [5, 5.41) is 57.7. The van der Waals surface area contributed by atoms with Crippen molar-refractivity contribution in [2.75, 3.05) is 7.11 Å². The summed E-state index contributed by atoms with van der Waals surface area (Å²) in [7, 11) is 1.61. The van der Waals surface area contributed by atoms with E-state index in [4.69, 9.17) is 4.74 Å². The highest BCUT2D eigenvalue weighted by molar-refractivity contribution is 6.00. The molecule has 0 unspecified atom stereocenters. The van der Waals surface area contributed by atoms with E-state index in [0.717, 1.165) is 5.56 Å². The molecular formula is C56H71N7O14. The van der Waals surface area contributed by atoms with Crippen LogP contribution in [-0.4, -0.2) is 123 Å². The number of ether oxygens (including phenoxy) is 1. The van der Waals surface area contributed by atoms with E-state index >= 15 is 0 Å². The number of nitrogens with one attached hydrogen (secondary N) is 7. The maximum Gasteiger partial charge on any atom is 0.326 e. The summed E-state index contributed by atoms with van der Waals surface area (Å²) in [6, 6.07) is 12.8. The first-order chi connectivity index (χ1) is 36.6. The average molecular weight is 1070 g/mol. The van der Waals surface area contributed by atoms with Gasteiger partial charge < -0.3 is 62.4 Å². The Labute approximate surface area is 447 Å². The summed E-state index contributed by atoms with van der Waals surface area (Å²) in [4.78, 5) is 122. The molecule has 0 radical (unpaired) electrons. The average Bonchev–Trinajstić information content (AvgIpc) is 3.39. The van der Waals surface area contributed by atoms with Crippen molar-refractivity contribution in [3.63, 3.8) is 0 Å². The standard InChI is InChI=1S/C56H71N7O14/c1-7-41-52(70)57-35(5)51(69)61-44(26-19-37-16-22-40(65)23-17-37)54(72)63-46(56(75)76)31-49(67)59-43(25-18-36-14-20-39(64)21-15-36)53(71)60-42(34(4)50(68)62-45(55(73)74)27-28-48(66)58-41)24-13-32(2)29-33(3)47(77-6)30-38-11-9-8-10-12-38/h7-17,20-24,29,33-35,42-47,64-65H,18-19,25-28,30-31H2,1-6H3,(H,57,70)(H,58,66)(H,59,67)(H,60,71)(H,61,69)(H,62,68)(H,63,72)(H,73,74)(H,75,76)/t33-,34-,35-,42-,43-,44-,45+,46+,47-/m0/s1. The van der Waals surface area contributed by atoms with E-state index in [-0.39, 0.29) is 54.9 Å². The van der Waals surface area contributed by atoms with Crippen LogP contribution in [0.1, 0.15) is 83.4 Å². The van der Waals surface area contributed by atoms with E-state index in [0.29, 0.717) is 23.1 Å². The molecule has 0 spiro atoms. The Morgan fingerprint density at radius 1 is 0.675 bits per heavy atom. The zero-order valence-corrected chi connectivity index (χ0v) is 44.0. The van der Waals surface area contributed by atoms with Crippen LogP contribution < -0.4 is 37.2 Å². The number of rotatable bonds is 15. The molecule has 3 aromatic carbocycles. The van der Waals surface area contributed by atoms with Crippen LogP contribution in [-0.2, 0) is 67.2 Å². The molecule has 414 valence electrons. The van der Waals surface area contributed by atoms with Gasteiger partial charge in [-0.2, -0.15) is 0 Å². The molecule has 4 rings (SSSR count). The van der Waals surface area contributed by atoms with Crippen LogP contribution in [0.15, 0.2) is 114 Å². The van der Waals surface area contributed by atoms with E-state index in [1.165, 1.54) is 57.2 Å². The second-order valence-electron chi connectivity index (χ2n) is 19.0. The van der Waals surface area contributed by atoms with Crippen molar-refractivity contribution in [1.82, 2.24) is 37.2 Å². The molecule has 11 N–H and O–H groups in total. The van der Waals surface area contributed by atoms with Crippen LogP contribution in [0.4, 0.5) is 0 Å². The molecule has 0 aromatic heterocycles. The predicted octanol–water partition coefficient (Wildman–Crippen LogP) is 3.00. The van der Waals surface area contributed by atoms with Crippen LogP contribution in [0, 0.1) is 11.8 Å². The Morgan fingerprint density at radius 2 is 1.22 bits per heavy atom. The fourth-order valence-corrected chi connectivity index (χ4v) is 8.27. The summed E-state index contributed by atoms with van der Waals surface area (Å²) in [6.07, 6.45) is 4.95. The Hall–Kier alpha value is -8.33. The van der Waals surface area contributed by atoms with Gasteiger partial charge >= 0.3 is 11.9 Å². The summed E-state index contributed by atoms with van der Waals surface area (Å²) < 4.78 is 5.83. The summed E-state index contributed by atoms with van der Waals surface area (Å²) in [5.41, 5.74) is 2.73. The first kappa shape index (κ1) is 61.2. The normalized spacial score (nSPS) is 23.6. The fourth-order valence-electron chi connectivity index (χ4n) is 8.27. The molecule has 9 atom stereocenters. The Morgan fingerprint density at radius 3 is 1.77 bits per heavy atom. The smallest absolute Gasteiger partial charge is 0.326 e. The third-order valence-corrected chi connectivity index (χ3v) is 13.0. The van der Waals surface area contributed by atoms with Gasteiger partial charge in [-0.05, 0) is 100 Å². The minimum absolute atomic E-state index is 0.0222. The fraction of sp³-hybridized carbons (Fsp3) is 0.411. The van der Waals surface area contributed by atoms with Gasteiger partial charge in [-0.15, -0.1) is 0 Å². The van der Waals surface area contributed by atoms with E-state index in [2.05, 4.69) is 37.2 Å². The molecule has 1 aliphatic heterocycles. The minimum Gasteiger partial charge on any atom is -0.508 e. The maximum atomic E-state index is 14.5. The largest absolute Gasteiger partial charge is 0.508 e. The first-order valence-electron chi connectivity index (χ1n) is 25.3. The third-order valence-electron chi connectivity index (χ3n) is 13.0. The molecule has 0 saturated carbocycles. The van der Waals surface area contributed by atoms with E-state index in [9.17, 15) is 63.6 Å². The summed E-state index contributed by atoms with van der Waals surface area (Å²) in [5.74, 6) is -10.8. The second-order valence-corrected chi connectivity index (χ2v) is 19.0. The molecule has 1 aliphatic rings. The highest BCUT2D eigenvalue weighted by Gasteiger charge is 2.34. The number of benzene rings is 3. The minimum atomic E-state index is -1.91. The molecule has 1 heterocycles. The first-order valence-corrected chi connectivity index (χ1v) is 25.3. The van der Waals surface area contributed by atoms with Crippen LogP contribution in [0.25, 0.3) is 0 Å². The number of phenolic OH excluding ortho intramolecular Hbond substituents is 2. The van der Waals surface area contributed by atoms with Gasteiger partial charge in [0.15, 0.2) is 0 Å². The van der Waals surface area contributed by atoms with Crippen molar-refractivity contribution < 1.29 is 68.3 Å². The quantitative estimate of drug-likeness (QED) is 0.0771. The van der Waals surface area contributed by atoms with Crippen molar-refractivity contribution in [3.05, 3.63) is 131 Å². The zero-order chi connectivity index (χ0) is 56.8. The highest BCUT2D eigenvalue weighted by atomic mass is 16.5. The molecule has 3 aromatic rings. The number of phenols is 2. The van der Waals surface area contributed by atoms with Gasteiger partial charge in [0.25, 0.3) is 5.91 Å². The lowest BCUT2D eigenvalue weighted by molar-refractivity contribution is -0.144. The van der Waals surface area contributed by atoms with Gasteiger partial charge in [0.2, 0.25) is 35.4 Å². The second kappa shape index (κ2) is 30.3. The molecule has 0 bridgehead atoms. The molecule has 1 fully saturated rings. The Balaban J connectivity index is 1.75. The van der Waals surface area contributed by atoms with Gasteiger partial charge in [0, 0.05) is 19.4 Å². The maximum absolute atomic E-state index is 14.5.